The van der Waals surface area contributed by atoms with Crippen molar-refractivity contribution < 1.29 is 4.79 Å². The van der Waals surface area contributed by atoms with Crippen LogP contribution in [0.2, 0.25) is 0 Å². The van der Waals surface area contributed by atoms with Crippen LogP contribution in [-0.2, 0) is 4.79 Å². The third kappa shape index (κ3) is 5.75. The summed E-state index contributed by atoms with van der Waals surface area (Å²) in [5.74, 6) is 2.53. The van der Waals surface area contributed by atoms with Crippen molar-refractivity contribution in [2.75, 3.05) is 37.7 Å². The van der Waals surface area contributed by atoms with E-state index in [1.54, 1.807) is 0 Å². The summed E-state index contributed by atoms with van der Waals surface area (Å²) in [5.41, 5.74) is 0. The summed E-state index contributed by atoms with van der Waals surface area (Å²) >= 11 is 1.91. The van der Waals surface area contributed by atoms with E-state index in [1.807, 2.05) is 16.7 Å². The maximum atomic E-state index is 11.9. The van der Waals surface area contributed by atoms with Crippen molar-refractivity contribution in [1.82, 2.24) is 10.2 Å². The average molecular weight is 244 g/mol. The Morgan fingerprint density at radius 1 is 1.31 bits per heavy atom. The molecule has 0 atom stereocenters. The zero-order valence-electron chi connectivity index (χ0n) is 10.3. The molecular formula is C12H24N2OS. The molecule has 1 fully saturated rings. The molecule has 0 aromatic rings. The zero-order valence-corrected chi connectivity index (χ0v) is 11.2. The Morgan fingerprint density at radius 2 is 2.19 bits per heavy atom. The normalized spacial score (nSPS) is 17.2. The monoisotopic (exact) mass is 244 g/mol. The molecule has 0 saturated carbocycles. The van der Waals surface area contributed by atoms with E-state index >= 15 is 0 Å². The predicted octanol–water partition coefficient (Wildman–Crippen LogP) is 1.73. The van der Waals surface area contributed by atoms with Gasteiger partial charge in [-0.3, -0.25) is 4.79 Å². The minimum absolute atomic E-state index is 0.340. The number of rotatable bonds is 6. The maximum Gasteiger partial charge on any atom is 0.223 e. The molecule has 94 valence electrons. The maximum absolute atomic E-state index is 11.9. The summed E-state index contributed by atoms with van der Waals surface area (Å²) in [6.45, 7) is 6.03. The van der Waals surface area contributed by atoms with E-state index in [1.165, 1.54) is 18.6 Å². The highest BCUT2D eigenvalue weighted by Crippen LogP contribution is 2.08. The zero-order chi connectivity index (χ0) is 11.6. The van der Waals surface area contributed by atoms with Gasteiger partial charge in [0, 0.05) is 31.8 Å². The third-order valence-corrected chi connectivity index (χ3v) is 3.87. The Hall–Kier alpha value is -0.220. The second-order valence-electron chi connectivity index (χ2n) is 4.20. The molecule has 0 unspecified atom stereocenters. The lowest BCUT2D eigenvalue weighted by molar-refractivity contribution is -0.130. The van der Waals surface area contributed by atoms with Gasteiger partial charge in [-0.15, -0.1) is 0 Å². The molecule has 1 saturated heterocycles. The smallest absolute Gasteiger partial charge is 0.223 e. The highest BCUT2D eigenvalue weighted by molar-refractivity contribution is 7.99. The number of nitrogens with zero attached hydrogens (tertiary/aromatic N) is 1. The van der Waals surface area contributed by atoms with Gasteiger partial charge in [0.1, 0.15) is 0 Å². The van der Waals surface area contributed by atoms with E-state index in [-0.39, 0.29) is 0 Å². The first-order chi connectivity index (χ1) is 7.84. The van der Waals surface area contributed by atoms with Crippen molar-refractivity contribution in [2.45, 2.75) is 32.6 Å². The van der Waals surface area contributed by atoms with Crippen LogP contribution < -0.4 is 5.32 Å². The number of carbonyl (C=O) groups is 1. The third-order valence-electron chi connectivity index (χ3n) is 2.80. The summed E-state index contributed by atoms with van der Waals surface area (Å²) in [7, 11) is 0. The fourth-order valence-corrected chi connectivity index (χ4v) is 2.78. The van der Waals surface area contributed by atoms with E-state index in [2.05, 4.69) is 12.2 Å². The summed E-state index contributed by atoms with van der Waals surface area (Å²) < 4.78 is 0. The van der Waals surface area contributed by atoms with Gasteiger partial charge >= 0.3 is 0 Å². The molecule has 16 heavy (non-hydrogen) atoms. The number of nitrogens with one attached hydrogen (secondary N) is 1. The minimum atomic E-state index is 0.340. The molecule has 1 heterocycles. The predicted molar refractivity (Wildman–Crippen MR) is 70.9 cm³/mol. The highest BCUT2D eigenvalue weighted by atomic mass is 32.2. The molecule has 1 N–H and O–H groups in total. The Bertz CT molecular complexity index is 191. The Kier molecular flexibility index (Phi) is 7.68. The number of unbranched alkanes of at least 4 members (excludes halogenated alkanes) is 1. The van der Waals surface area contributed by atoms with E-state index in [4.69, 9.17) is 0 Å². The molecule has 0 aromatic carbocycles. The van der Waals surface area contributed by atoms with Gasteiger partial charge in [0.2, 0.25) is 5.91 Å². The van der Waals surface area contributed by atoms with Gasteiger partial charge in [0.25, 0.3) is 0 Å². The number of hydrogen-bond donors (Lipinski definition) is 1. The summed E-state index contributed by atoms with van der Waals surface area (Å²) in [4.78, 5) is 13.9. The van der Waals surface area contributed by atoms with Gasteiger partial charge < -0.3 is 10.2 Å². The van der Waals surface area contributed by atoms with Gasteiger partial charge in [0.05, 0.1) is 0 Å². The molecule has 0 spiro atoms. The molecule has 0 bridgehead atoms. The lowest BCUT2D eigenvalue weighted by Crippen LogP contribution is -2.34. The summed E-state index contributed by atoms with van der Waals surface area (Å²) in [6, 6.07) is 0. The quantitative estimate of drug-likeness (QED) is 0.722. The number of thioether (sulfide) groups is 1. The van der Waals surface area contributed by atoms with Gasteiger partial charge in [-0.05, 0) is 25.1 Å². The van der Waals surface area contributed by atoms with Crippen LogP contribution >= 0.6 is 11.8 Å². The van der Waals surface area contributed by atoms with Gasteiger partial charge in [0.15, 0.2) is 0 Å². The van der Waals surface area contributed by atoms with Gasteiger partial charge in [-0.2, -0.15) is 11.8 Å². The number of amides is 1. The summed E-state index contributed by atoms with van der Waals surface area (Å²) in [5, 5.41) is 3.32. The van der Waals surface area contributed by atoms with Crippen molar-refractivity contribution in [3.05, 3.63) is 0 Å². The van der Waals surface area contributed by atoms with Crippen molar-refractivity contribution in [3.63, 3.8) is 0 Å². The second-order valence-corrected chi connectivity index (χ2v) is 5.43. The minimum Gasteiger partial charge on any atom is -0.341 e. The molecule has 1 amide bonds. The van der Waals surface area contributed by atoms with Crippen LogP contribution in [0.1, 0.15) is 32.6 Å². The molecule has 1 rings (SSSR count). The van der Waals surface area contributed by atoms with Crippen molar-refractivity contribution in [1.29, 1.82) is 0 Å². The van der Waals surface area contributed by atoms with Crippen LogP contribution in [0.3, 0.4) is 0 Å². The Labute approximate surface area is 103 Å². The van der Waals surface area contributed by atoms with Crippen molar-refractivity contribution in [3.8, 4) is 0 Å². The van der Waals surface area contributed by atoms with Crippen LogP contribution in [0.15, 0.2) is 0 Å². The molecule has 1 aliphatic heterocycles. The van der Waals surface area contributed by atoms with Crippen LogP contribution in [0.4, 0.5) is 0 Å². The van der Waals surface area contributed by atoms with Crippen LogP contribution in [0, 0.1) is 0 Å². The lowest BCUT2D eigenvalue weighted by Gasteiger charge is -2.19. The van der Waals surface area contributed by atoms with Gasteiger partial charge in [-0.1, -0.05) is 13.3 Å². The fraction of sp³-hybridized carbons (Fsp3) is 0.917. The SMILES string of the molecule is CCCCSCCC(=O)N1CCCNCC1. The first kappa shape index (κ1) is 13.8. The van der Waals surface area contributed by atoms with E-state index in [0.717, 1.165) is 38.4 Å². The van der Waals surface area contributed by atoms with Gasteiger partial charge in [-0.25, -0.2) is 0 Å². The molecule has 0 aromatic heterocycles. The molecule has 1 aliphatic rings. The molecule has 3 nitrogen and oxygen atoms in total. The van der Waals surface area contributed by atoms with Crippen molar-refractivity contribution in [2.24, 2.45) is 0 Å². The van der Waals surface area contributed by atoms with E-state index < -0.39 is 0 Å². The Morgan fingerprint density at radius 3 is 3.00 bits per heavy atom. The first-order valence-electron chi connectivity index (χ1n) is 6.41. The second kappa shape index (κ2) is 8.88. The standard InChI is InChI=1S/C12H24N2OS/c1-2-3-10-16-11-5-12(15)14-8-4-6-13-7-9-14/h13H,2-11H2,1H3. The Balaban J connectivity index is 2.08. The van der Waals surface area contributed by atoms with Crippen LogP contribution in [0.5, 0.6) is 0 Å². The van der Waals surface area contributed by atoms with E-state index in [0.29, 0.717) is 12.3 Å². The van der Waals surface area contributed by atoms with Crippen LogP contribution in [-0.4, -0.2) is 48.5 Å². The van der Waals surface area contributed by atoms with Crippen molar-refractivity contribution >= 4 is 17.7 Å². The molecular weight excluding hydrogens is 220 g/mol. The number of carbonyl (C=O) groups excluding carboxylic acids is 1. The summed E-state index contributed by atoms with van der Waals surface area (Å²) in [6.07, 6.45) is 4.33. The molecule has 4 heteroatoms. The van der Waals surface area contributed by atoms with E-state index in [9.17, 15) is 4.79 Å². The molecule has 0 radical (unpaired) electrons. The topological polar surface area (TPSA) is 32.3 Å². The lowest BCUT2D eigenvalue weighted by atomic mass is 10.3. The highest BCUT2D eigenvalue weighted by Gasteiger charge is 2.14. The average Bonchev–Trinajstić information content (AvgIpc) is 2.57. The largest absolute Gasteiger partial charge is 0.341 e. The number of hydrogen-bond acceptors (Lipinski definition) is 3. The first-order valence-corrected chi connectivity index (χ1v) is 7.56. The molecule has 0 aliphatic carbocycles. The fourth-order valence-electron chi connectivity index (χ4n) is 1.76. The van der Waals surface area contributed by atoms with Crippen LogP contribution in [0.25, 0.3) is 0 Å².